The molecule has 3 aromatic carbocycles. The number of aryl methyl sites for hydroxylation is 2. The van der Waals surface area contributed by atoms with E-state index in [4.69, 9.17) is 0 Å². The molecule has 0 heterocycles. The van der Waals surface area contributed by atoms with Gasteiger partial charge in [-0.3, -0.25) is 10.1 Å². The van der Waals surface area contributed by atoms with Crippen molar-refractivity contribution in [1.29, 1.82) is 0 Å². The second kappa shape index (κ2) is 22.1. The van der Waals surface area contributed by atoms with E-state index < -0.39 is 16.1 Å². The van der Waals surface area contributed by atoms with Crippen molar-refractivity contribution in [2.45, 2.75) is 150 Å². The van der Waals surface area contributed by atoms with Crippen LogP contribution in [-0.4, -0.2) is 21.1 Å². The van der Waals surface area contributed by atoms with Gasteiger partial charge >= 0.3 is 0 Å². The number of nitro groups is 1. The largest absolute Gasteiger partial charge is 0.269 e. The second-order valence-corrected chi connectivity index (χ2v) is 27.5. The van der Waals surface area contributed by atoms with E-state index in [0.717, 1.165) is 41.4 Å². The minimum atomic E-state index is -0.981. The van der Waals surface area contributed by atoms with Gasteiger partial charge in [0.25, 0.3) is 5.69 Å². The first-order valence-electron chi connectivity index (χ1n) is 17.5. The summed E-state index contributed by atoms with van der Waals surface area (Å²) < 4.78 is 0. The Hall–Kier alpha value is -2.51. The summed E-state index contributed by atoms with van der Waals surface area (Å²) >= 11 is 0. The number of rotatable bonds is 7. The molecule has 0 aliphatic carbocycles. The maximum Gasteiger partial charge on any atom is 0.269 e. The zero-order valence-corrected chi connectivity index (χ0v) is 34.8. The van der Waals surface area contributed by atoms with Crippen molar-refractivity contribution in [2.75, 3.05) is 0 Å². The lowest BCUT2D eigenvalue weighted by atomic mass is 10.1. The lowest BCUT2D eigenvalue weighted by molar-refractivity contribution is -0.384. The Morgan fingerprint density at radius 3 is 1.46 bits per heavy atom. The van der Waals surface area contributed by atoms with Crippen molar-refractivity contribution in [3.8, 4) is 0 Å². The fourth-order valence-corrected chi connectivity index (χ4v) is 8.35. The summed E-state index contributed by atoms with van der Waals surface area (Å²) in [6, 6.07) is 21.8. The van der Waals surface area contributed by atoms with Crippen LogP contribution in [-0.2, 0) is 12.8 Å². The topological polar surface area (TPSA) is 43.1 Å². The fourth-order valence-electron chi connectivity index (χ4n) is 4.35. The highest BCUT2D eigenvalue weighted by Gasteiger charge is 2.37. The maximum absolute atomic E-state index is 10.3. The molecule has 260 valence electrons. The summed E-state index contributed by atoms with van der Waals surface area (Å²) in [7, 11) is -1.84. The highest BCUT2D eigenvalue weighted by Crippen LogP contribution is 2.40. The van der Waals surface area contributed by atoms with E-state index in [9.17, 15) is 10.1 Å². The quantitative estimate of drug-likeness (QED) is 0.109. The zero-order chi connectivity index (χ0) is 36.3. The number of allylic oxidation sites excluding steroid dienone is 1. The van der Waals surface area contributed by atoms with Crippen molar-refractivity contribution in [3.05, 3.63) is 101 Å². The van der Waals surface area contributed by atoms with Crippen LogP contribution in [0.25, 0.3) is 10.8 Å². The Balaban J connectivity index is 0. The van der Waals surface area contributed by atoms with Gasteiger partial charge < -0.3 is 0 Å². The number of hydrogen-bond donors (Lipinski definition) is 0. The Bertz CT molecular complexity index is 1230. The van der Waals surface area contributed by atoms with Gasteiger partial charge in [0.05, 0.1) is 13.0 Å². The molecule has 0 aliphatic rings. The zero-order valence-electron chi connectivity index (χ0n) is 32.8. The van der Waals surface area contributed by atoms with Crippen LogP contribution in [0.15, 0.2) is 79.4 Å². The van der Waals surface area contributed by atoms with Gasteiger partial charge in [0.2, 0.25) is 0 Å². The lowest BCUT2D eigenvalue weighted by Crippen LogP contribution is -2.40. The van der Waals surface area contributed by atoms with Crippen LogP contribution in [0.2, 0.25) is 47.8 Å². The second-order valence-electron chi connectivity index (χ2n) is 15.3. The first-order chi connectivity index (χ1) is 21.1. The maximum atomic E-state index is 10.3. The number of nitro benzene ring substituents is 1. The summed E-state index contributed by atoms with van der Waals surface area (Å²) in [6.07, 6.45) is 4.91. The van der Waals surface area contributed by atoms with Gasteiger partial charge in [0.15, 0.2) is 0 Å². The first-order valence-corrected chi connectivity index (χ1v) is 23.7. The molecule has 0 saturated heterocycles. The van der Waals surface area contributed by atoms with Crippen LogP contribution in [0.4, 0.5) is 5.69 Å². The average Bonchev–Trinajstić information content (AvgIpc) is 3.00. The molecule has 0 radical (unpaired) electrons. The Labute approximate surface area is 287 Å². The molecule has 0 spiro atoms. The number of hydrogen-bond acceptors (Lipinski definition) is 2. The van der Waals surface area contributed by atoms with E-state index in [1.54, 1.807) is 12.1 Å². The van der Waals surface area contributed by atoms with Gasteiger partial charge in [0.1, 0.15) is 0 Å². The molecule has 46 heavy (non-hydrogen) atoms. The molecule has 0 bridgehead atoms. The van der Waals surface area contributed by atoms with Crippen LogP contribution < -0.4 is 0 Å². The average molecular weight is 666 g/mol. The van der Waals surface area contributed by atoms with Gasteiger partial charge in [-0.05, 0) is 46.2 Å². The van der Waals surface area contributed by atoms with Crippen molar-refractivity contribution < 1.29 is 4.92 Å². The molecule has 3 rings (SSSR count). The molecule has 0 saturated carbocycles. The van der Waals surface area contributed by atoms with E-state index in [0.29, 0.717) is 5.04 Å². The summed E-state index contributed by atoms with van der Waals surface area (Å²) in [6.45, 7) is 40.8. The predicted octanol–water partition coefficient (Wildman–Crippen LogP) is 14.6. The summed E-state index contributed by atoms with van der Waals surface area (Å²) in [5, 5.41) is 13.5. The molecule has 0 unspecified atom stereocenters. The van der Waals surface area contributed by atoms with E-state index in [1.807, 2.05) is 19.1 Å². The molecule has 0 amide bonds. The molecule has 0 aliphatic heterocycles. The van der Waals surface area contributed by atoms with E-state index in [1.165, 1.54) is 22.4 Å². The fraction of sp³-hybridized carbons (Fsp3) is 0.561. The smallest absolute Gasteiger partial charge is 0.258 e. The van der Waals surface area contributed by atoms with Crippen molar-refractivity contribution in [1.82, 2.24) is 0 Å². The standard InChI is InChI=1S/C12H12.C10H24Si.C8H9NO2.C7H18Si.C4H8/c1-2-10-7-8-11-5-3-4-6-12(11)9-10;1-8(2)11(7,9(3)4)10(5)6;1-2-7-4-3-5-8(6-7)9(10)11;1-7(2,3)8(4,5)6;1-3-4-2/h3-9H,2H2,1H3;8-10H,1-7H3;3-6H,2H2,1H3;1-6H3;3H,1,4H2,2H3. The highest BCUT2D eigenvalue weighted by atomic mass is 28.3. The molecular formula is C41H71NO2Si2. The summed E-state index contributed by atoms with van der Waals surface area (Å²) in [4.78, 5) is 9.90. The molecule has 0 N–H and O–H groups in total. The Kier molecular flexibility index (Phi) is 21.9. The Morgan fingerprint density at radius 2 is 1.13 bits per heavy atom. The van der Waals surface area contributed by atoms with Gasteiger partial charge in [0, 0.05) is 20.2 Å². The molecule has 5 heteroatoms. The first kappa shape index (κ1) is 45.6. The normalized spacial score (nSPS) is 11.3. The van der Waals surface area contributed by atoms with Gasteiger partial charge in [-0.2, -0.15) is 0 Å². The van der Waals surface area contributed by atoms with E-state index in [2.05, 4.69) is 151 Å². The van der Waals surface area contributed by atoms with Crippen LogP contribution in [0.1, 0.15) is 101 Å². The molecule has 0 fully saturated rings. The third kappa shape index (κ3) is 16.9. The minimum absolute atomic E-state index is 0.171. The number of non-ortho nitro benzene ring substituents is 1. The molecule has 3 aromatic rings. The summed E-state index contributed by atoms with van der Waals surface area (Å²) in [5.74, 6) is 0. The van der Waals surface area contributed by atoms with Crippen molar-refractivity contribution in [3.63, 3.8) is 0 Å². The van der Waals surface area contributed by atoms with Crippen molar-refractivity contribution >= 4 is 32.6 Å². The number of benzene rings is 3. The van der Waals surface area contributed by atoms with Crippen LogP contribution in [0.3, 0.4) is 0 Å². The van der Waals surface area contributed by atoms with E-state index >= 15 is 0 Å². The molecular weight excluding hydrogens is 595 g/mol. The van der Waals surface area contributed by atoms with Crippen LogP contribution >= 0.6 is 0 Å². The van der Waals surface area contributed by atoms with Crippen LogP contribution in [0.5, 0.6) is 0 Å². The number of fused-ring (bicyclic) bond motifs is 1. The van der Waals surface area contributed by atoms with E-state index in [-0.39, 0.29) is 10.6 Å². The molecule has 0 aromatic heterocycles. The predicted molar refractivity (Wildman–Crippen MR) is 216 cm³/mol. The monoisotopic (exact) mass is 666 g/mol. The lowest BCUT2D eigenvalue weighted by Gasteiger charge is -2.39. The van der Waals surface area contributed by atoms with Crippen LogP contribution in [0, 0.1) is 10.1 Å². The molecule has 0 atom stereocenters. The van der Waals surface area contributed by atoms with Crippen molar-refractivity contribution in [2.24, 2.45) is 0 Å². The SMILES string of the molecule is C=CCC.CC(C)(C)[Si](C)(C)C.CC(C)[Si](C)(C(C)C)C(C)C.CCc1ccc2ccccc2c1.CCc1cccc([N+](=O)[O-])c1. The number of nitrogens with zero attached hydrogens (tertiary/aromatic N) is 1. The summed E-state index contributed by atoms with van der Waals surface area (Å²) in [5.41, 5.74) is 5.34. The highest BCUT2D eigenvalue weighted by molar-refractivity contribution is 6.82. The minimum Gasteiger partial charge on any atom is -0.258 e. The third-order valence-corrected chi connectivity index (χ3v) is 22.0. The van der Waals surface area contributed by atoms with Gasteiger partial charge in [-0.25, -0.2) is 0 Å². The molecule has 3 nitrogen and oxygen atoms in total. The van der Waals surface area contributed by atoms with Gasteiger partial charge in [-0.15, -0.1) is 6.58 Å². The van der Waals surface area contributed by atoms with Gasteiger partial charge in [-0.1, -0.05) is 187 Å². The Morgan fingerprint density at radius 1 is 0.717 bits per heavy atom. The third-order valence-electron chi connectivity index (χ3n) is 10.0.